The Morgan fingerprint density at radius 3 is 2.61 bits per heavy atom. The van der Waals surface area contributed by atoms with Gasteiger partial charge in [-0.15, -0.1) is 0 Å². The number of carbonyl (C=O) groups excluding carboxylic acids is 1. The van der Waals surface area contributed by atoms with Gasteiger partial charge in [0.15, 0.2) is 5.54 Å². The number of ether oxygens (including phenoxy) is 2. The second kappa shape index (κ2) is 14.2. The van der Waals surface area contributed by atoms with E-state index >= 15 is 0 Å². The molecule has 0 bridgehead atoms. The van der Waals surface area contributed by atoms with Crippen LogP contribution in [0.2, 0.25) is 10.0 Å². The van der Waals surface area contributed by atoms with Crippen LogP contribution in [-0.2, 0) is 29.0 Å². The van der Waals surface area contributed by atoms with Crippen molar-refractivity contribution in [2.24, 2.45) is 10.1 Å². The Balaban J connectivity index is 1.61. The zero-order chi connectivity index (χ0) is 29.2. The van der Waals surface area contributed by atoms with Crippen molar-refractivity contribution >= 4 is 35.0 Å². The zero-order valence-corrected chi connectivity index (χ0v) is 23.9. The van der Waals surface area contributed by atoms with Gasteiger partial charge in [0.1, 0.15) is 11.9 Å². The van der Waals surface area contributed by atoms with Crippen molar-refractivity contribution in [3.05, 3.63) is 109 Å². The number of hydrazine groups is 1. The van der Waals surface area contributed by atoms with Gasteiger partial charge in [0, 0.05) is 36.5 Å². The van der Waals surface area contributed by atoms with Gasteiger partial charge in [-0.05, 0) is 65.5 Å². The largest absolute Gasteiger partial charge is 0.494 e. The number of rotatable bonds is 13. The summed E-state index contributed by atoms with van der Waals surface area (Å²) in [5.41, 5.74) is 16.4. The monoisotopic (exact) mass is 596 g/mol. The molecule has 0 aromatic heterocycles. The molecule has 41 heavy (non-hydrogen) atoms. The number of aliphatic imine (C=N–C) groups is 1. The van der Waals surface area contributed by atoms with Crippen LogP contribution >= 0.6 is 23.2 Å². The van der Waals surface area contributed by atoms with Crippen molar-refractivity contribution in [2.75, 3.05) is 13.2 Å². The van der Waals surface area contributed by atoms with E-state index in [0.717, 1.165) is 16.7 Å². The molecular formula is C29H30Cl2N6O4. The highest BCUT2D eigenvalue weighted by molar-refractivity contribution is 6.42. The van der Waals surface area contributed by atoms with Crippen LogP contribution in [0.1, 0.15) is 35.6 Å². The number of nitrogens with zero attached hydrogens (tertiary/aromatic N) is 4. The topological polar surface area (TPSA) is 141 Å². The summed E-state index contributed by atoms with van der Waals surface area (Å²) in [4.78, 5) is 21.6. The lowest BCUT2D eigenvalue weighted by molar-refractivity contribution is -0.129. The summed E-state index contributed by atoms with van der Waals surface area (Å²) in [6.07, 6.45) is 0.113. The first-order valence-electron chi connectivity index (χ1n) is 13.0. The molecule has 0 fully saturated rings. The molecule has 1 amide bonds. The van der Waals surface area contributed by atoms with Crippen LogP contribution in [0.25, 0.3) is 10.4 Å². The number of benzene rings is 3. The quantitative estimate of drug-likeness (QED) is 0.0781. The van der Waals surface area contributed by atoms with Gasteiger partial charge in [0.2, 0.25) is 5.90 Å². The molecule has 12 heteroatoms. The molecule has 214 valence electrons. The fourth-order valence-electron chi connectivity index (χ4n) is 4.41. The van der Waals surface area contributed by atoms with Crippen LogP contribution in [0.3, 0.4) is 0 Å². The molecule has 0 aliphatic carbocycles. The molecule has 10 nitrogen and oxygen atoms in total. The summed E-state index contributed by atoms with van der Waals surface area (Å²) >= 11 is 12.1. The van der Waals surface area contributed by atoms with E-state index in [2.05, 4.69) is 20.9 Å². The minimum atomic E-state index is -1.33. The Labute approximate surface area is 247 Å². The molecule has 0 saturated carbocycles. The molecule has 1 aliphatic rings. The Bertz CT molecular complexity index is 1450. The lowest BCUT2D eigenvalue weighted by atomic mass is 9.84. The maximum atomic E-state index is 13.9. The second-order valence-electron chi connectivity index (χ2n) is 9.44. The summed E-state index contributed by atoms with van der Waals surface area (Å²) in [5, 5.41) is 13.5. The van der Waals surface area contributed by atoms with Crippen molar-refractivity contribution in [2.45, 2.75) is 44.5 Å². The van der Waals surface area contributed by atoms with E-state index in [1.165, 1.54) is 0 Å². The van der Waals surface area contributed by atoms with Gasteiger partial charge >= 0.3 is 0 Å². The highest BCUT2D eigenvalue weighted by atomic mass is 35.5. The van der Waals surface area contributed by atoms with Gasteiger partial charge in [-0.1, -0.05) is 58.6 Å². The average Bonchev–Trinajstić information content (AvgIpc) is 3.31. The van der Waals surface area contributed by atoms with Crippen molar-refractivity contribution in [3.63, 3.8) is 0 Å². The molecule has 0 spiro atoms. The van der Waals surface area contributed by atoms with Crippen LogP contribution in [0.5, 0.6) is 5.75 Å². The van der Waals surface area contributed by atoms with E-state index in [1.54, 1.807) is 31.2 Å². The van der Waals surface area contributed by atoms with Gasteiger partial charge in [-0.25, -0.2) is 10.4 Å². The molecular weight excluding hydrogens is 567 g/mol. The van der Waals surface area contributed by atoms with Gasteiger partial charge in [0.05, 0.1) is 23.2 Å². The number of azide groups is 1. The highest BCUT2D eigenvalue weighted by Gasteiger charge is 2.50. The number of carbonyl (C=O) groups is 1. The van der Waals surface area contributed by atoms with Gasteiger partial charge in [-0.2, -0.15) is 0 Å². The number of hydrogen-bond acceptors (Lipinski definition) is 7. The summed E-state index contributed by atoms with van der Waals surface area (Å²) < 4.78 is 11.8. The third-order valence-electron chi connectivity index (χ3n) is 6.69. The van der Waals surface area contributed by atoms with Crippen molar-refractivity contribution in [3.8, 4) is 5.75 Å². The standard InChI is InChI=1S/C29H30Cl2N6O4/c1-19-29(16-22-5-2-3-6-23(22)18-34-37-32,28(39)36-33-17-20-7-12-25(30)26(31)15-20)35-27(41-19)21-8-10-24(11-9-21)40-14-4-13-38/h2-3,5-12,15,19,33,38H,4,13-14,16-18H2,1H3,(H,36,39)/t19-,29-/m0/s1. The SMILES string of the molecule is C[C@@H]1OC(c2ccc(OCCCO)cc2)=N[C@]1(Cc1ccccc1CN=[N+]=[N-])C(=O)NNCc1ccc(Cl)c(Cl)c1. The van der Waals surface area contributed by atoms with Crippen molar-refractivity contribution in [1.82, 2.24) is 10.9 Å². The number of aliphatic hydroxyl groups excluding tert-OH is 1. The fraction of sp³-hybridized carbons (Fsp3) is 0.310. The molecule has 0 radical (unpaired) electrons. The van der Waals surface area contributed by atoms with Gasteiger partial charge in [0.25, 0.3) is 5.91 Å². The summed E-state index contributed by atoms with van der Waals surface area (Å²) in [6.45, 7) is 2.70. The fourth-order valence-corrected chi connectivity index (χ4v) is 4.73. The van der Waals surface area contributed by atoms with Crippen molar-refractivity contribution < 1.29 is 19.4 Å². The molecule has 3 N–H and O–H groups in total. The number of aliphatic hydroxyl groups is 1. The lowest BCUT2D eigenvalue weighted by Gasteiger charge is -2.29. The molecule has 3 aromatic carbocycles. The predicted octanol–water partition coefficient (Wildman–Crippen LogP) is 5.53. The lowest BCUT2D eigenvalue weighted by Crippen LogP contribution is -2.55. The first-order valence-corrected chi connectivity index (χ1v) is 13.8. The number of nitrogens with one attached hydrogen (secondary N) is 2. The van der Waals surface area contributed by atoms with E-state index in [1.807, 2.05) is 42.5 Å². The minimum absolute atomic E-state index is 0.0546. The van der Waals surface area contributed by atoms with E-state index in [0.29, 0.717) is 46.8 Å². The highest BCUT2D eigenvalue weighted by Crippen LogP contribution is 2.34. The molecule has 3 aromatic rings. The molecule has 2 atom stereocenters. The van der Waals surface area contributed by atoms with Crippen molar-refractivity contribution in [1.29, 1.82) is 0 Å². The molecule has 1 aliphatic heterocycles. The average molecular weight is 598 g/mol. The summed E-state index contributed by atoms with van der Waals surface area (Å²) in [5.74, 6) is 0.588. The maximum absolute atomic E-state index is 13.9. The first-order chi connectivity index (χ1) is 19.9. The third-order valence-corrected chi connectivity index (χ3v) is 7.43. The van der Waals surface area contributed by atoms with E-state index in [9.17, 15) is 4.79 Å². The Morgan fingerprint density at radius 2 is 1.90 bits per heavy atom. The van der Waals surface area contributed by atoms with Gasteiger partial charge < -0.3 is 14.6 Å². The number of halogens is 2. The van der Waals surface area contributed by atoms with Crippen LogP contribution < -0.4 is 15.6 Å². The third kappa shape index (κ3) is 7.49. The van der Waals surface area contributed by atoms with E-state index in [4.69, 9.17) is 48.3 Å². The van der Waals surface area contributed by atoms with Crippen LogP contribution in [0.15, 0.2) is 76.8 Å². The van der Waals surface area contributed by atoms with Crippen LogP contribution in [-0.4, -0.2) is 41.8 Å². The first kappa shape index (κ1) is 30.2. The van der Waals surface area contributed by atoms with Gasteiger partial charge in [-0.3, -0.25) is 10.2 Å². The molecule has 4 rings (SSSR count). The molecule has 0 unspecified atom stereocenters. The maximum Gasteiger partial charge on any atom is 0.266 e. The summed E-state index contributed by atoms with van der Waals surface area (Å²) in [6, 6.07) is 19.9. The van der Waals surface area contributed by atoms with E-state index < -0.39 is 11.6 Å². The smallest absolute Gasteiger partial charge is 0.266 e. The number of amides is 1. The molecule has 1 heterocycles. The summed E-state index contributed by atoms with van der Waals surface area (Å²) in [7, 11) is 0. The van der Waals surface area contributed by atoms with Crippen LogP contribution in [0.4, 0.5) is 0 Å². The Morgan fingerprint density at radius 1 is 1.15 bits per heavy atom. The van der Waals surface area contributed by atoms with E-state index in [-0.39, 0.29) is 25.5 Å². The molecule has 0 saturated heterocycles. The minimum Gasteiger partial charge on any atom is -0.494 e. The Kier molecular flexibility index (Phi) is 10.5. The Hall–Kier alpha value is -3.79. The zero-order valence-electron chi connectivity index (χ0n) is 22.4. The van der Waals surface area contributed by atoms with Crippen LogP contribution in [0, 0.1) is 0 Å². The normalized spacial score (nSPS) is 17.8. The number of hydrogen-bond donors (Lipinski definition) is 3. The predicted molar refractivity (Wildman–Crippen MR) is 158 cm³/mol. The second-order valence-corrected chi connectivity index (χ2v) is 10.3.